The van der Waals surface area contributed by atoms with Gasteiger partial charge in [0.25, 0.3) is 11.1 Å². The molecule has 0 amide bonds. The van der Waals surface area contributed by atoms with Crippen LogP contribution in [0.25, 0.3) is 22.3 Å². The summed E-state index contributed by atoms with van der Waals surface area (Å²) < 4.78 is 13.8. The highest BCUT2D eigenvalue weighted by atomic mass is 16.5. The van der Waals surface area contributed by atoms with E-state index in [2.05, 4.69) is 29.9 Å². The number of nitrogens with two attached hydrogens (primary N) is 1. The highest BCUT2D eigenvalue weighted by Crippen LogP contribution is 2.11. The Morgan fingerprint density at radius 3 is 1.87 bits per heavy atom. The van der Waals surface area contributed by atoms with Crippen LogP contribution in [0.2, 0.25) is 0 Å². The number of anilines is 2. The molecule has 0 saturated carbocycles. The third kappa shape index (κ3) is 7.58. The van der Waals surface area contributed by atoms with Gasteiger partial charge in [-0.3, -0.25) is 28.7 Å². The molecule has 0 aliphatic carbocycles. The van der Waals surface area contributed by atoms with Gasteiger partial charge in [0, 0.05) is 14.1 Å². The zero-order chi connectivity index (χ0) is 27.8. The van der Waals surface area contributed by atoms with E-state index in [0.29, 0.717) is 18.0 Å². The van der Waals surface area contributed by atoms with Gasteiger partial charge in [-0.25, -0.2) is 9.97 Å². The van der Waals surface area contributed by atoms with Gasteiger partial charge in [0.2, 0.25) is 11.9 Å². The van der Waals surface area contributed by atoms with Crippen molar-refractivity contribution in [3.05, 3.63) is 33.4 Å². The Bertz CT molecular complexity index is 1440. The Labute approximate surface area is 222 Å². The lowest BCUT2D eigenvalue weighted by atomic mass is 10.3. The molecule has 216 valence electrons. The monoisotopic (exact) mass is 552 g/mol. The normalized spacial score (nSPS) is 11.9. The van der Waals surface area contributed by atoms with Crippen molar-refractivity contribution in [1.82, 2.24) is 39.0 Å². The van der Waals surface area contributed by atoms with Crippen LogP contribution in [-0.4, -0.2) is 100 Å². The predicted molar refractivity (Wildman–Crippen MR) is 143 cm³/mol. The summed E-state index contributed by atoms with van der Waals surface area (Å²) in [5, 5.41) is 26.8. The molecular formula is C22H36N10O7. The average Bonchev–Trinajstić information content (AvgIpc) is 3.50. The van der Waals surface area contributed by atoms with Crippen LogP contribution in [0.5, 0.6) is 0 Å². The summed E-state index contributed by atoms with van der Waals surface area (Å²) >= 11 is 0. The Morgan fingerprint density at radius 2 is 1.38 bits per heavy atom. The molecule has 0 aliphatic heterocycles. The number of hydrogen-bond donors (Lipinski definition) is 6. The number of nitrogens with zero attached hydrogens (tertiary/aromatic N) is 7. The fourth-order valence-corrected chi connectivity index (χ4v) is 3.15. The topological polar surface area (TPSA) is 236 Å². The number of aliphatic hydroxyl groups excluding tert-OH is 3. The lowest BCUT2D eigenvalue weighted by molar-refractivity contribution is -0.0488. The molecule has 4 heterocycles. The van der Waals surface area contributed by atoms with Gasteiger partial charge in [0.05, 0.1) is 38.6 Å². The zero-order valence-electron chi connectivity index (χ0n) is 21.2. The average molecular weight is 553 g/mol. The van der Waals surface area contributed by atoms with E-state index in [1.54, 1.807) is 23.6 Å². The van der Waals surface area contributed by atoms with Gasteiger partial charge in [0.15, 0.2) is 22.3 Å². The summed E-state index contributed by atoms with van der Waals surface area (Å²) in [5.74, 6) is 0.438. The molecule has 0 aliphatic rings. The SMILES string of the molecule is C.CCC(CO)OCn1cnc2c(=O)[nH]c(N(C)C)nc21.Nc1nc2c(ncn2COC(CO)CO)c(=O)[nH]1. The minimum absolute atomic E-state index is 0. The first-order valence-electron chi connectivity index (χ1n) is 11.6. The number of rotatable bonds is 11. The molecule has 1 unspecified atom stereocenters. The standard InChI is InChI=1S/C12H19N5O3.C9H13N5O4.CH4/c1-4-8(5-18)20-7-17-6-13-9-10(17)14-12(16(2)3)15-11(9)19;10-9-12-7-6(8(17)13-9)11-3-14(7)4-18-5(1-15)2-16;/h6,8,18H,4-5,7H2,1-3H3,(H,14,15,19);3,5,15-16H,1-2,4H2,(H3,10,12,13,17);1H4. The molecule has 0 radical (unpaired) electrons. The molecule has 17 nitrogen and oxygen atoms in total. The second-order valence-electron chi connectivity index (χ2n) is 8.30. The first-order valence-corrected chi connectivity index (χ1v) is 11.6. The molecule has 0 saturated heterocycles. The summed E-state index contributed by atoms with van der Waals surface area (Å²) in [6.45, 7) is 1.47. The number of fused-ring (bicyclic) bond motifs is 2. The van der Waals surface area contributed by atoms with Crippen LogP contribution in [0.3, 0.4) is 0 Å². The summed E-state index contributed by atoms with van der Waals surface area (Å²) in [5.41, 5.74) is 5.88. The van der Waals surface area contributed by atoms with Crippen LogP contribution in [-0.2, 0) is 22.9 Å². The highest BCUT2D eigenvalue weighted by Gasteiger charge is 2.13. The fourth-order valence-electron chi connectivity index (χ4n) is 3.15. The Balaban J connectivity index is 0.000000268. The summed E-state index contributed by atoms with van der Waals surface area (Å²) in [6, 6.07) is 0. The van der Waals surface area contributed by atoms with E-state index < -0.39 is 11.7 Å². The van der Waals surface area contributed by atoms with Gasteiger partial charge in [-0.2, -0.15) is 9.97 Å². The van der Waals surface area contributed by atoms with E-state index in [1.807, 2.05) is 6.92 Å². The van der Waals surface area contributed by atoms with E-state index in [0.717, 1.165) is 0 Å². The number of hydrogen-bond acceptors (Lipinski definition) is 13. The number of aromatic amines is 2. The first-order chi connectivity index (χ1) is 18.2. The molecule has 0 spiro atoms. The molecular weight excluding hydrogens is 516 g/mol. The van der Waals surface area contributed by atoms with E-state index in [-0.39, 0.29) is 75.0 Å². The number of nitrogen functional groups attached to an aromatic ring is 1. The number of nitrogens with one attached hydrogen (secondary N) is 2. The summed E-state index contributed by atoms with van der Waals surface area (Å²) in [7, 11) is 3.58. The highest BCUT2D eigenvalue weighted by molar-refractivity contribution is 5.71. The van der Waals surface area contributed by atoms with Crippen LogP contribution >= 0.6 is 0 Å². The molecule has 4 aromatic rings. The maximum Gasteiger partial charge on any atom is 0.280 e. The smallest absolute Gasteiger partial charge is 0.280 e. The van der Waals surface area contributed by atoms with Gasteiger partial charge in [-0.1, -0.05) is 14.4 Å². The third-order valence-electron chi connectivity index (χ3n) is 5.34. The first kappa shape index (κ1) is 31.3. The molecule has 1 atom stereocenters. The summed E-state index contributed by atoms with van der Waals surface area (Å²) in [4.78, 5) is 46.3. The molecule has 0 fully saturated rings. The number of imidazole rings is 2. The van der Waals surface area contributed by atoms with E-state index >= 15 is 0 Å². The number of H-pyrrole nitrogens is 2. The number of aliphatic hydroxyl groups is 3. The molecule has 17 heteroatoms. The van der Waals surface area contributed by atoms with Gasteiger partial charge < -0.3 is 35.4 Å². The van der Waals surface area contributed by atoms with Crippen molar-refractivity contribution in [1.29, 1.82) is 0 Å². The lowest BCUT2D eigenvalue weighted by Crippen LogP contribution is -2.23. The van der Waals surface area contributed by atoms with Gasteiger partial charge in [0.1, 0.15) is 19.6 Å². The zero-order valence-corrected chi connectivity index (χ0v) is 21.2. The molecule has 4 aromatic heterocycles. The molecule has 0 aromatic carbocycles. The Morgan fingerprint density at radius 1 is 0.897 bits per heavy atom. The Hall–Kier alpha value is -3.90. The van der Waals surface area contributed by atoms with Crippen molar-refractivity contribution in [2.24, 2.45) is 0 Å². The quantitative estimate of drug-likeness (QED) is 0.126. The van der Waals surface area contributed by atoms with Crippen LogP contribution in [0.4, 0.5) is 11.9 Å². The van der Waals surface area contributed by atoms with Crippen LogP contribution in [0.1, 0.15) is 20.8 Å². The van der Waals surface area contributed by atoms with Gasteiger partial charge >= 0.3 is 0 Å². The molecule has 7 N–H and O–H groups in total. The number of ether oxygens (including phenoxy) is 2. The van der Waals surface area contributed by atoms with E-state index in [9.17, 15) is 9.59 Å². The lowest BCUT2D eigenvalue weighted by Gasteiger charge is -2.14. The maximum atomic E-state index is 11.9. The molecule has 4 rings (SSSR count). The van der Waals surface area contributed by atoms with E-state index in [4.69, 9.17) is 30.5 Å². The second kappa shape index (κ2) is 14.3. The van der Waals surface area contributed by atoms with Crippen LogP contribution in [0.15, 0.2) is 22.2 Å². The molecule has 39 heavy (non-hydrogen) atoms. The minimum Gasteiger partial charge on any atom is -0.394 e. The minimum atomic E-state index is -0.693. The van der Waals surface area contributed by atoms with Gasteiger partial charge in [-0.15, -0.1) is 0 Å². The van der Waals surface area contributed by atoms with Crippen LogP contribution in [0, 0.1) is 0 Å². The van der Waals surface area contributed by atoms with Crippen LogP contribution < -0.4 is 21.8 Å². The van der Waals surface area contributed by atoms with Crippen molar-refractivity contribution >= 4 is 34.2 Å². The predicted octanol–water partition coefficient (Wildman–Crippen LogP) is -1.40. The van der Waals surface area contributed by atoms with Crippen molar-refractivity contribution in [2.45, 2.75) is 46.4 Å². The maximum absolute atomic E-state index is 11.9. The fraction of sp³-hybridized carbons (Fsp3) is 0.545. The van der Waals surface area contributed by atoms with E-state index in [1.165, 1.54) is 17.2 Å². The van der Waals surface area contributed by atoms with Crippen molar-refractivity contribution in [3.63, 3.8) is 0 Å². The largest absolute Gasteiger partial charge is 0.394 e. The third-order valence-corrected chi connectivity index (χ3v) is 5.34. The van der Waals surface area contributed by atoms with Crippen molar-refractivity contribution < 1.29 is 24.8 Å². The van der Waals surface area contributed by atoms with Crippen molar-refractivity contribution in [2.75, 3.05) is 44.5 Å². The molecule has 0 bridgehead atoms. The van der Waals surface area contributed by atoms with Gasteiger partial charge in [-0.05, 0) is 6.42 Å². The second-order valence-corrected chi connectivity index (χ2v) is 8.30. The summed E-state index contributed by atoms with van der Waals surface area (Å²) in [6.07, 6.45) is 2.67. The van der Waals surface area contributed by atoms with Crippen molar-refractivity contribution in [3.8, 4) is 0 Å². The Kier molecular flexibility index (Phi) is 11.5. The number of aromatic nitrogens is 8.